The SMILES string of the molecule is [CH2]OC12CCC(CC1)C2. The molecular formula is C8H13O. The molecule has 2 aliphatic carbocycles. The first-order chi connectivity index (χ1) is 4.35. The first-order valence-electron chi connectivity index (χ1n) is 3.78. The zero-order valence-corrected chi connectivity index (χ0v) is 5.73. The Morgan fingerprint density at radius 3 is 2.22 bits per heavy atom. The largest absolute Gasteiger partial charge is 0.373 e. The lowest BCUT2D eigenvalue weighted by molar-refractivity contribution is 0.0271. The summed E-state index contributed by atoms with van der Waals surface area (Å²) in [6.45, 7) is 0. The summed E-state index contributed by atoms with van der Waals surface area (Å²) in [5, 5.41) is 0. The smallest absolute Gasteiger partial charge is 0.0708 e. The van der Waals surface area contributed by atoms with E-state index in [1.54, 1.807) is 0 Å². The highest BCUT2D eigenvalue weighted by Gasteiger charge is 2.44. The highest BCUT2D eigenvalue weighted by molar-refractivity contribution is 4.97. The predicted octanol–water partition coefficient (Wildman–Crippen LogP) is 2.13. The molecule has 2 aliphatic rings. The van der Waals surface area contributed by atoms with Crippen LogP contribution in [0.25, 0.3) is 0 Å². The van der Waals surface area contributed by atoms with E-state index in [0.29, 0.717) is 0 Å². The van der Waals surface area contributed by atoms with E-state index in [9.17, 15) is 0 Å². The molecule has 0 atom stereocenters. The van der Waals surface area contributed by atoms with Crippen LogP contribution >= 0.6 is 0 Å². The van der Waals surface area contributed by atoms with Crippen LogP contribution in [0.1, 0.15) is 32.1 Å². The van der Waals surface area contributed by atoms with Gasteiger partial charge in [0, 0.05) is 0 Å². The molecule has 0 N–H and O–H groups in total. The molecule has 9 heavy (non-hydrogen) atoms. The molecular weight excluding hydrogens is 112 g/mol. The van der Waals surface area contributed by atoms with Gasteiger partial charge in [-0.05, 0) is 38.0 Å². The maximum Gasteiger partial charge on any atom is 0.0708 e. The molecule has 2 saturated carbocycles. The van der Waals surface area contributed by atoms with E-state index in [0.717, 1.165) is 5.92 Å². The number of rotatable bonds is 1. The van der Waals surface area contributed by atoms with Crippen molar-refractivity contribution in [2.75, 3.05) is 0 Å². The lowest BCUT2D eigenvalue weighted by Crippen LogP contribution is -2.23. The Kier molecular flexibility index (Phi) is 1.10. The van der Waals surface area contributed by atoms with Crippen LogP contribution < -0.4 is 0 Å². The van der Waals surface area contributed by atoms with Crippen LogP contribution in [-0.4, -0.2) is 5.60 Å². The second-order valence-electron chi connectivity index (χ2n) is 3.47. The molecule has 0 aliphatic heterocycles. The van der Waals surface area contributed by atoms with Crippen molar-refractivity contribution in [3.8, 4) is 0 Å². The Morgan fingerprint density at radius 1 is 1.33 bits per heavy atom. The van der Waals surface area contributed by atoms with Crippen LogP contribution in [0.4, 0.5) is 0 Å². The van der Waals surface area contributed by atoms with Gasteiger partial charge in [0.15, 0.2) is 0 Å². The third kappa shape index (κ3) is 0.710. The van der Waals surface area contributed by atoms with E-state index in [4.69, 9.17) is 4.74 Å². The summed E-state index contributed by atoms with van der Waals surface area (Å²) in [5.74, 6) is 0.978. The first-order valence-corrected chi connectivity index (χ1v) is 3.78. The molecule has 2 fully saturated rings. The molecule has 0 saturated heterocycles. The second-order valence-corrected chi connectivity index (χ2v) is 3.47. The maximum absolute atomic E-state index is 5.24. The Bertz CT molecular complexity index is 112. The van der Waals surface area contributed by atoms with Crippen LogP contribution in [0.2, 0.25) is 0 Å². The Labute approximate surface area is 56.4 Å². The minimum Gasteiger partial charge on any atom is -0.373 e. The molecule has 0 heterocycles. The second kappa shape index (κ2) is 1.72. The van der Waals surface area contributed by atoms with Gasteiger partial charge >= 0.3 is 0 Å². The van der Waals surface area contributed by atoms with Gasteiger partial charge in [-0.25, -0.2) is 0 Å². The van der Waals surface area contributed by atoms with Crippen molar-refractivity contribution in [1.82, 2.24) is 0 Å². The van der Waals surface area contributed by atoms with E-state index < -0.39 is 0 Å². The number of hydrogen-bond donors (Lipinski definition) is 0. The highest BCUT2D eigenvalue weighted by atomic mass is 16.5. The van der Waals surface area contributed by atoms with Crippen LogP contribution in [0.15, 0.2) is 0 Å². The summed E-state index contributed by atoms with van der Waals surface area (Å²) in [7, 11) is 3.54. The zero-order chi connectivity index (χ0) is 6.32. The molecule has 1 radical (unpaired) electrons. The molecule has 2 bridgehead atoms. The predicted molar refractivity (Wildman–Crippen MR) is 35.7 cm³/mol. The van der Waals surface area contributed by atoms with Gasteiger partial charge in [-0.15, -0.1) is 0 Å². The zero-order valence-electron chi connectivity index (χ0n) is 5.73. The average molecular weight is 125 g/mol. The standard InChI is InChI=1S/C8H13O/c1-9-8-4-2-7(6-8)3-5-8/h7H,1-6H2. The summed E-state index contributed by atoms with van der Waals surface area (Å²) in [5.41, 5.74) is 0.241. The molecule has 1 heteroatoms. The van der Waals surface area contributed by atoms with E-state index >= 15 is 0 Å². The monoisotopic (exact) mass is 125 g/mol. The molecule has 0 aromatic heterocycles. The van der Waals surface area contributed by atoms with Crippen molar-refractivity contribution in [2.45, 2.75) is 37.7 Å². The number of ether oxygens (including phenoxy) is 1. The van der Waals surface area contributed by atoms with E-state index in [1.165, 1.54) is 32.1 Å². The van der Waals surface area contributed by atoms with Crippen LogP contribution in [0.3, 0.4) is 0 Å². The topological polar surface area (TPSA) is 9.23 Å². The first kappa shape index (κ1) is 5.72. The molecule has 51 valence electrons. The summed E-state index contributed by atoms with van der Waals surface area (Å²) in [6, 6.07) is 0. The lowest BCUT2D eigenvalue weighted by Gasteiger charge is -2.23. The van der Waals surface area contributed by atoms with Crippen molar-refractivity contribution in [2.24, 2.45) is 5.92 Å². The van der Waals surface area contributed by atoms with Crippen LogP contribution in [-0.2, 0) is 4.74 Å². The summed E-state index contributed by atoms with van der Waals surface area (Å²) in [4.78, 5) is 0. The minimum absolute atomic E-state index is 0.241. The van der Waals surface area contributed by atoms with Gasteiger partial charge in [-0.1, -0.05) is 0 Å². The van der Waals surface area contributed by atoms with E-state index in [-0.39, 0.29) is 5.60 Å². The van der Waals surface area contributed by atoms with Crippen molar-refractivity contribution < 1.29 is 4.74 Å². The summed E-state index contributed by atoms with van der Waals surface area (Å²) < 4.78 is 5.24. The molecule has 2 rings (SSSR count). The number of hydrogen-bond acceptors (Lipinski definition) is 1. The fourth-order valence-electron chi connectivity index (χ4n) is 2.34. The van der Waals surface area contributed by atoms with E-state index in [1.807, 2.05) is 0 Å². The van der Waals surface area contributed by atoms with Crippen molar-refractivity contribution in [3.05, 3.63) is 7.11 Å². The van der Waals surface area contributed by atoms with Gasteiger partial charge in [-0.2, -0.15) is 0 Å². The molecule has 1 nitrogen and oxygen atoms in total. The minimum atomic E-state index is 0.241. The molecule has 0 unspecified atom stereocenters. The van der Waals surface area contributed by atoms with Gasteiger partial charge in [0.1, 0.15) is 0 Å². The van der Waals surface area contributed by atoms with Gasteiger partial charge in [0.25, 0.3) is 0 Å². The van der Waals surface area contributed by atoms with Crippen LogP contribution in [0.5, 0.6) is 0 Å². The van der Waals surface area contributed by atoms with Gasteiger partial charge in [-0.3, -0.25) is 0 Å². The van der Waals surface area contributed by atoms with Crippen molar-refractivity contribution >= 4 is 0 Å². The Balaban J connectivity index is 2.13. The molecule has 0 spiro atoms. The third-order valence-electron chi connectivity index (χ3n) is 2.98. The Morgan fingerprint density at radius 2 is 2.00 bits per heavy atom. The summed E-state index contributed by atoms with van der Waals surface area (Å²) >= 11 is 0. The van der Waals surface area contributed by atoms with E-state index in [2.05, 4.69) is 7.11 Å². The van der Waals surface area contributed by atoms with Crippen LogP contribution in [0, 0.1) is 13.0 Å². The van der Waals surface area contributed by atoms with Gasteiger partial charge < -0.3 is 4.74 Å². The normalized spacial score (nSPS) is 48.3. The molecule has 0 aromatic carbocycles. The fraction of sp³-hybridized carbons (Fsp3) is 0.875. The maximum atomic E-state index is 5.24. The average Bonchev–Trinajstić information content (AvgIpc) is 2.46. The quantitative estimate of drug-likeness (QED) is 0.521. The third-order valence-corrected chi connectivity index (χ3v) is 2.98. The fourth-order valence-corrected chi connectivity index (χ4v) is 2.34. The highest BCUT2D eigenvalue weighted by Crippen LogP contribution is 2.49. The Hall–Kier alpha value is -0.0400. The van der Waals surface area contributed by atoms with Crippen molar-refractivity contribution in [1.29, 1.82) is 0 Å². The summed E-state index contributed by atoms with van der Waals surface area (Å²) in [6.07, 6.45) is 6.59. The van der Waals surface area contributed by atoms with Crippen molar-refractivity contribution in [3.63, 3.8) is 0 Å². The number of fused-ring (bicyclic) bond motifs is 2. The molecule has 0 aromatic rings. The van der Waals surface area contributed by atoms with Gasteiger partial charge in [0.05, 0.1) is 12.7 Å². The lowest BCUT2D eigenvalue weighted by atomic mass is 9.97. The van der Waals surface area contributed by atoms with Gasteiger partial charge in [0.2, 0.25) is 0 Å². The molecule has 0 amide bonds.